The number of nitrogens with one attached hydrogen (secondary N) is 1. The lowest BCUT2D eigenvalue weighted by atomic mass is 10.1. The third-order valence-electron chi connectivity index (χ3n) is 4.47. The molecule has 30 heavy (non-hydrogen) atoms. The van der Waals surface area contributed by atoms with Crippen LogP contribution in [0.25, 0.3) is 22.2 Å². The molecule has 4 aromatic rings. The first-order chi connectivity index (χ1) is 14.5. The summed E-state index contributed by atoms with van der Waals surface area (Å²) >= 11 is 1.07. The lowest BCUT2D eigenvalue weighted by Gasteiger charge is -2.13. The number of hydrogen-bond acceptors (Lipinski definition) is 5. The van der Waals surface area contributed by atoms with Gasteiger partial charge in [0.2, 0.25) is 0 Å². The zero-order valence-electron chi connectivity index (χ0n) is 16.5. The number of nitrogens with zero attached hydrogens (tertiary/aromatic N) is 2. The Morgan fingerprint density at radius 2 is 1.70 bits per heavy atom. The first kappa shape index (κ1) is 19.7. The van der Waals surface area contributed by atoms with Gasteiger partial charge in [-0.3, -0.25) is 9.59 Å². The third-order valence-corrected chi connectivity index (χ3v) is 5.59. The summed E-state index contributed by atoms with van der Waals surface area (Å²) in [5.41, 5.74) is 2.62. The van der Waals surface area contributed by atoms with E-state index in [1.807, 2.05) is 42.5 Å². The van der Waals surface area contributed by atoms with E-state index in [2.05, 4.69) is 10.5 Å². The van der Waals surface area contributed by atoms with Gasteiger partial charge in [0.1, 0.15) is 5.52 Å². The number of rotatable bonds is 4. The van der Waals surface area contributed by atoms with Crippen molar-refractivity contribution in [2.75, 3.05) is 19.4 Å². The molecule has 0 spiro atoms. The summed E-state index contributed by atoms with van der Waals surface area (Å²) in [4.78, 5) is 27.2. The first-order valence-electron chi connectivity index (χ1n) is 9.27. The molecule has 1 N–H and O–H groups in total. The molecule has 0 saturated carbocycles. The van der Waals surface area contributed by atoms with Crippen molar-refractivity contribution in [3.63, 3.8) is 0 Å². The lowest BCUT2D eigenvalue weighted by Crippen LogP contribution is -2.17. The average molecular weight is 417 g/mol. The summed E-state index contributed by atoms with van der Waals surface area (Å²) < 4.78 is 5.51. The monoisotopic (exact) mass is 417 g/mol. The number of aromatic nitrogens is 1. The summed E-state index contributed by atoms with van der Waals surface area (Å²) in [6, 6.07) is 22.1. The first-order valence-corrected chi connectivity index (χ1v) is 10.1. The molecule has 0 atom stereocenters. The number of anilines is 1. The molecule has 0 aliphatic rings. The second kappa shape index (κ2) is 8.42. The zero-order valence-corrected chi connectivity index (χ0v) is 17.3. The van der Waals surface area contributed by atoms with Gasteiger partial charge in [0.15, 0.2) is 5.76 Å². The van der Waals surface area contributed by atoms with Crippen LogP contribution in [-0.2, 0) is 0 Å². The Balaban J connectivity index is 1.63. The van der Waals surface area contributed by atoms with Crippen LogP contribution in [0.1, 0.15) is 10.4 Å². The van der Waals surface area contributed by atoms with Crippen molar-refractivity contribution in [3.05, 3.63) is 78.4 Å². The van der Waals surface area contributed by atoms with E-state index >= 15 is 0 Å². The molecule has 0 radical (unpaired) electrons. The average Bonchev–Trinajstić information content (AvgIpc) is 3.19. The summed E-state index contributed by atoms with van der Waals surface area (Å²) in [5, 5.41) is 7.64. The van der Waals surface area contributed by atoms with Gasteiger partial charge in [-0.15, -0.1) is 0 Å². The van der Waals surface area contributed by atoms with E-state index in [1.54, 1.807) is 44.4 Å². The van der Waals surface area contributed by atoms with Gasteiger partial charge in [-0.25, -0.2) is 0 Å². The minimum atomic E-state index is -0.275. The van der Waals surface area contributed by atoms with Gasteiger partial charge in [0, 0.05) is 30.1 Å². The summed E-state index contributed by atoms with van der Waals surface area (Å²) in [7, 11) is 3.38. The molecule has 0 bridgehead atoms. The van der Waals surface area contributed by atoms with Gasteiger partial charge in [-0.05, 0) is 42.1 Å². The fourth-order valence-corrected chi connectivity index (χ4v) is 3.67. The van der Waals surface area contributed by atoms with Crippen molar-refractivity contribution >= 4 is 39.5 Å². The summed E-state index contributed by atoms with van der Waals surface area (Å²) in [6.07, 6.45) is 0. The van der Waals surface area contributed by atoms with Gasteiger partial charge in [-0.2, -0.15) is 0 Å². The number of carbonyl (C=O) groups excluding carboxylic acids is 2. The normalized spacial score (nSPS) is 10.7. The molecule has 0 saturated heterocycles. The molecule has 7 heteroatoms. The molecule has 3 aromatic carbocycles. The molecule has 150 valence electrons. The van der Waals surface area contributed by atoms with Gasteiger partial charge in [-0.1, -0.05) is 47.6 Å². The molecular weight excluding hydrogens is 398 g/mol. The number of benzene rings is 3. The lowest BCUT2D eigenvalue weighted by molar-refractivity contribution is 0.102. The van der Waals surface area contributed by atoms with Crippen molar-refractivity contribution in [1.29, 1.82) is 0 Å². The van der Waals surface area contributed by atoms with Crippen LogP contribution in [0, 0.1) is 0 Å². The number of thioether (sulfide) groups is 1. The van der Waals surface area contributed by atoms with Crippen LogP contribution in [0.5, 0.6) is 0 Å². The second-order valence-corrected chi connectivity index (χ2v) is 7.82. The van der Waals surface area contributed by atoms with E-state index in [0.29, 0.717) is 27.4 Å². The van der Waals surface area contributed by atoms with Crippen molar-refractivity contribution in [2.45, 2.75) is 4.90 Å². The molecule has 2 amide bonds. The van der Waals surface area contributed by atoms with E-state index in [9.17, 15) is 9.59 Å². The zero-order chi connectivity index (χ0) is 21.1. The maximum absolute atomic E-state index is 12.9. The largest absolute Gasteiger partial charge is 0.355 e. The van der Waals surface area contributed by atoms with Crippen LogP contribution in [0.15, 0.2) is 82.2 Å². The predicted octanol–water partition coefficient (Wildman–Crippen LogP) is 5.52. The molecular formula is C23H19N3O3S. The van der Waals surface area contributed by atoms with Crippen LogP contribution in [0.2, 0.25) is 0 Å². The molecule has 4 rings (SSSR count). The predicted molar refractivity (Wildman–Crippen MR) is 119 cm³/mol. The Hall–Kier alpha value is -3.58. The fourth-order valence-electron chi connectivity index (χ4n) is 2.92. The Labute approximate surface area is 177 Å². The maximum atomic E-state index is 12.9. The van der Waals surface area contributed by atoms with Crippen molar-refractivity contribution in [3.8, 4) is 11.3 Å². The van der Waals surface area contributed by atoms with Crippen LogP contribution < -0.4 is 5.32 Å². The van der Waals surface area contributed by atoms with Crippen molar-refractivity contribution in [2.24, 2.45) is 0 Å². The highest BCUT2D eigenvalue weighted by Crippen LogP contribution is 2.31. The van der Waals surface area contributed by atoms with Crippen molar-refractivity contribution in [1.82, 2.24) is 10.1 Å². The SMILES string of the molecule is CN(C)C(=O)Sc1ccccc1NC(=O)c1ccc2noc(-c3ccccc3)c2c1. The van der Waals surface area contributed by atoms with E-state index in [-0.39, 0.29) is 11.1 Å². The Morgan fingerprint density at radius 3 is 2.47 bits per heavy atom. The summed E-state index contributed by atoms with van der Waals surface area (Å²) in [6.45, 7) is 0. The van der Waals surface area contributed by atoms with Crippen molar-refractivity contribution < 1.29 is 14.1 Å². The molecule has 0 fully saturated rings. The fraction of sp³-hybridized carbons (Fsp3) is 0.0870. The minimum Gasteiger partial charge on any atom is -0.355 e. The summed E-state index contributed by atoms with van der Waals surface area (Å²) in [5.74, 6) is 0.343. The second-order valence-electron chi connectivity index (χ2n) is 6.82. The van der Waals surface area contributed by atoms with Gasteiger partial charge < -0.3 is 14.7 Å². The van der Waals surface area contributed by atoms with Gasteiger partial charge in [0.05, 0.1) is 11.1 Å². The Bertz CT molecular complexity index is 1220. The third kappa shape index (κ3) is 4.06. The van der Waals surface area contributed by atoms with E-state index in [1.165, 1.54) is 4.90 Å². The molecule has 1 aromatic heterocycles. The van der Waals surface area contributed by atoms with Gasteiger partial charge >= 0.3 is 0 Å². The Kier molecular flexibility index (Phi) is 5.54. The van der Waals surface area contributed by atoms with E-state index in [0.717, 1.165) is 22.7 Å². The number of amides is 2. The van der Waals surface area contributed by atoms with E-state index < -0.39 is 0 Å². The van der Waals surface area contributed by atoms with Crippen LogP contribution in [0.3, 0.4) is 0 Å². The Morgan fingerprint density at radius 1 is 0.967 bits per heavy atom. The van der Waals surface area contributed by atoms with Gasteiger partial charge in [0.25, 0.3) is 11.1 Å². The quantitative estimate of drug-likeness (QED) is 0.443. The molecule has 0 unspecified atom stereocenters. The smallest absolute Gasteiger partial charge is 0.286 e. The number of hydrogen-bond donors (Lipinski definition) is 1. The highest BCUT2D eigenvalue weighted by Gasteiger charge is 2.16. The molecule has 6 nitrogen and oxygen atoms in total. The minimum absolute atomic E-state index is 0.116. The highest BCUT2D eigenvalue weighted by atomic mass is 32.2. The maximum Gasteiger partial charge on any atom is 0.286 e. The topological polar surface area (TPSA) is 75.4 Å². The number of para-hydroxylation sites is 1. The van der Waals surface area contributed by atoms with Crippen LogP contribution >= 0.6 is 11.8 Å². The molecule has 1 heterocycles. The van der Waals surface area contributed by atoms with E-state index in [4.69, 9.17) is 4.52 Å². The highest BCUT2D eigenvalue weighted by molar-refractivity contribution is 8.13. The number of carbonyl (C=O) groups is 2. The number of fused-ring (bicyclic) bond motifs is 1. The molecule has 0 aliphatic carbocycles. The van der Waals surface area contributed by atoms with Crippen LogP contribution in [-0.4, -0.2) is 35.3 Å². The molecule has 0 aliphatic heterocycles. The van der Waals surface area contributed by atoms with Crippen LogP contribution in [0.4, 0.5) is 10.5 Å². The standard InChI is InChI=1S/C23H19N3O3S/c1-26(2)23(28)30-20-11-7-6-10-19(20)24-22(27)16-12-13-18-17(14-16)21(29-25-18)15-8-4-3-5-9-15/h3-14H,1-2H3,(H,24,27).